The molecule has 1 aliphatic heterocycles. The van der Waals surface area contributed by atoms with E-state index in [0.29, 0.717) is 12.1 Å². The van der Waals surface area contributed by atoms with Crippen molar-refractivity contribution >= 4 is 10.8 Å². The first-order valence-electron chi connectivity index (χ1n) is 8.13. The van der Waals surface area contributed by atoms with Crippen LogP contribution in [0, 0.1) is 6.92 Å². The molecule has 1 saturated heterocycles. The molecule has 2 unspecified atom stereocenters. The highest BCUT2D eigenvalue weighted by atomic mass is 16.5. The second-order valence-corrected chi connectivity index (χ2v) is 6.00. The van der Waals surface area contributed by atoms with Gasteiger partial charge >= 0.3 is 0 Å². The van der Waals surface area contributed by atoms with Gasteiger partial charge in [-0.3, -0.25) is 0 Å². The Labute approximate surface area is 127 Å². The Morgan fingerprint density at radius 3 is 2.71 bits per heavy atom. The van der Waals surface area contributed by atoms with E-state index in [0.717, 1.165) is 19.6 Å². The van der Waals surface area contributed by atoms with Crippen LogP contribution in [0.15, 0.2) is 36.4 Å². The molecule has 1 N–H and O–H groups in total. The number of benzene rings is 2. The lowest BCUT2D eigenvalue weighted by Gasteiger charge is -2.23. The van der Waals surface area contributed by atoms with Gasteiger partial charge in [0.2, 0.25) is 0 Å². The number of ether oxygens (including phenoxy) is 1. The van der Waals surface area contributed by atoms with Crippen LogP contribution in [0.4, 0.5) is 0 Å². The number of rotatable bonds is 5. The van der Waals surface area contributed by atoms with Crippen LogP contribution in [0.25, 0.3) is 10.8 Å². The third-order valence-electron chi connectivity index (χ3n) is 4.52. The number of aryl methyl sites for hydroxylation is 1. The van der Waals surface area contributed by atoms with Gasteiger partial charge in [0, 0.05) is 12.6 Å². The molecule has 2 aromatic carbocycles. The topological polar surface area (TPSA) is 21.3 Å². The lowest BCUT2D eigenvalue weighted by atomic mass is 9.92. The van der Waals surface area contributed by atoms with Gasteiger partial charge in [0.05, 0.1) is 6.10 Å². The Balaban J connectivity index is 1.96. The van der Waals surface area contributed by atoms with Crippen LogP contribution >= 0.6 is 0 Å². The minimum atomic E-state index is 0.378. The predicted molar refractivity (Wildman–Crippen MR) is 88.7 cm³/mol. The fourth-order valence-electron chi connectivity index (χ4n) is 3.44. The first-order chi connectivity index (χ1) is 10.3. The fraction of sp³-hybridized carbons (Fsp3) is 0.474. The van der Waals surface area contributed by atoms with E-state index in [9.17, 15) is 0 Å². The van der Waals surface area contributed by atoms with E-state index >= 15 is 0 Å². The molecule has 2 atom stereocenters. The highest BCUT2D eigenvalue weighted by molar-refractivity contribution is 5.88. The van der Waals surface area contributed by atoms with Gasteiger partial charge in [-0.1, -0.05) is 43.3 Å². The normalized spacial score (nSPS) is 20.0. The van der Waals surface area contributed by atoms with Crippen LogP contribution in [-0.4, -0.2) is 19.3 Å². The Kier molecular flexibility index (Phi) is 4.57. The monoisotopic (exact) mass is 283 g/mol. The molecule has 3 rings (SSSR count). The van der Waals surface area contributed by atoms with Crippen molar-refractivity contribution in [2.24, 2.45) is 0 Å². The molecular weight excluding hydrogens is 258 g/mol. The highest BCUT2D eigenvalue weighted by Gasteiger charge is 2.22. The molecule has 2 heteroatoms. The Hall–Kier alpha value is -1.38. The summed E-state index contributed by atoms with van der Waals surface area (Å²) < 4.78 is 5.85. The SMILES string of the molecule is CCNC(CC1CCCO1)c1ccc(C)c2ccccc12. The zero-order chi connectivity index (χ0) is 14.7. The van der Waals surface area contributed by atoms with Crippen molar-refractivity contribution in [1.29, 1.82) is 0 Å². The van der Waals surface area contributed by atoms with E-state index in [1.54, 1.807) is 0 Å². The molecule has 2 nitrogen and oxygen atoms in total. The highest BCUT2D eigenvalue weighted by Crippen LogP contribution is 2.31. The van der Waals surface area contributed by atoms with Crippen molar-refractivity contribution in [2.75, 3.05) is 13.2 Å². The van der Waals surface area contributed by atoms with Gasteiger partial charge in [-0.25, -0.2) is 0 Å². The molecule has 112 valence electrons. The summed E-state index contributed by atoms with van der Waals surface area (Å²) >= 11 is 0. The zero-order valence-corrected chi connectivity index (χ0v) is 13.1. The van der Waals surface area contributed by atoms with Crippen molar-refractivity contribution in [3.8, 4) is 0 Å². The van der Waals surface area contributed by atoms with Crippen molar-refractivity contribution < 1.29 is 4.74 Å². The summed E-state index contributed by atoms with van der Waals surface area (Å²) in [6, 6.07) is 13.7. The van der Waals surface area contributed by atoms with Crippen LogP contribution in [0.3, 0.4) is 0 Å². The minimum Gasteiger partial charge on any atom is -0.378 e. The molecule has 0 saturated carbocycles. The van der Waals surface area contributed by atoms with Crippen molar-refractivity contribution in [1.82, 2.24) is 5.32 Å². The largest absolute Gasteiger partial charge is 0.378 e. The van der Waals surface area contributed by atoms with Crippen molar-refractivity contribution in [3.63, 3.8) is 0 Å². The third-order valence-corrected chi connectivity index (χ3v) is 4.52. The van der Waals surface area contributed by atoms with E-state index < -0.39 is 0 Å². The van der Waals surface area contributed by atoms with Crippen molar-refractivity contribution in [3.05, 3.63) is 47.5 Å². The van der Waals surface area contributed by atoms with Crippen LogP contribution < -0.4 is 5.32 Å². The third kappa shape index (κ3) is 3.12. The smallest absolute Gasteiger partial charge is 0.0594 e. The lowest BCUT2D eigenvalue weighted by Crippen LogP contribution is -2.25. The van der Waals surface area contributed by atoms with E-state index in [2.05, 4.69) is 55.6 Å². The maximum absolute atomic E-state index is 5.85. The quantitative estimate of drug-likeness (QED) is 0.880. The van der Waals surface area contributed by atoms with Gasteiger partial charge in [0.15, 0.2) is 0 Å². The molecule has 21 heavy (non-hydrogen) atoms. The average Bonchev–Trinajstić information content (AvgIpc) is 3.01. The molecule has 0 amide bonds. The summed E-state index contributed by atoms with van der Waals surface area (Å²) in [5, 5.41) is 6.40. The number of fused-ring (bicyclic) bond motifs is 1. The standard InChI is InChI=1S/C19H25NO/c1-3-20-19(13-15-7-6-12-21-15)18-11-10-14(2)16-8-4-5-9-17(16)18/h4-5,8-11,15,19-20H,3,6-7,12-13H2,1-2H3. The molecule has 0 radical (unpaired) electrons. The molecule has 0 aromatic heterocycles. The molecule has 1 heterocycles. The van der Waals surface area contributed by atoms with E-state index in [1.165, 1.54) is 34.7 Å². The molecule has 0 bridgehead atoms. The Bertz CT molecular complexity index is 602. The zero-order valence-electron chi connectivity index (χ0n) is 13.1. The maximum Gasteiger partial charge on any atom is 0.0594 e. The summed E-state index contributed by atoms with van der Waals surface area (Å²) in [6.45, 7) is 6.28. The summed E-state index contributed by atoms with van der Waals surface area (Å²) in [7, 11) is 0. The van der Waals surface area contributed by atoms with Crippen LogP contribution in [0.2, 0.25) is 0 Å². The number of hydrogen-bond acceptors (Lipinski definition) is 2. The Morgan fingerprint density at radius 1 is 1.19 bits per heavy atom. The van der Waals surface area contributed by atoms with E-state index in [4.69, 9.17) is 4.74 Å². The number of nitrogens with one attached hydrogen (secondary N) is 1. The average molecular weight is 283 g/mol. The molecule has 1 fully saturated rings. The summed E-state index contributed by atoms with van der Waals surface area (Å²) in [4.78, 5) is 0. The van der Waals surface area contributed by atoms with Crippen LogP contribution in [-0.2, 0) is 4.74 Å². The van der Waals surface area contributed by atoms with Gasteiger partial charge in [0.25, 0.3) is 0 Å². The first kappa shape index (κ1) is 14.6. The van der Waals surface area contributed by atoms with Gasteiger partial charge in [-0.2, -0.15) is 0 Å². The molecular formula is C19H25NO. The van der Waals surface area contributed by atoms with Crippen molar-refractivity contribution in [2.45, 2.75) is 45.3 Å². The molecule has 0 spiro atoms. The van der Waals surface area contributed by atoms with Gasteiger partial charge in [-0.15, -0.1) is 0 Å². The van der Waals surface area contributed by atoms with Crippen LogP contribution in [0.1, 0.15) is 43.4 Å². The fourth-order valence-corrected chi connectivity index (χ4v) is 3.44. The summed E-state index contributed by atoms with van der Waals surface area (Å²) in [5.74, 6) is 0. The predicted octanol–water partition coefficient (Wildman–Crippen LogP) is 4.37. The number of hydrogen-bond donors (Lipinski definition) is 1. The van der Waals surface area contributed by atoms with E-state index in [1.807, 2.05) is 0 Å². The summed E-state index contributed by atoms with van der Waals surface area (Å²) in [6.07, 6.45) is 3.89. The van der Waals surface area contributed by atoms with Gasteiger partial charge in [0.1, 0.15) is 0 Å². The minimum absolute atomic E-state index is 0.378. The maximum atomic E-state index is 5.85. The van der Waals surface area contributed by atoms with Gasteiger partial charge < -0.3 is 10.1 Å². The van der Waals surface area contributed by atoms with E-state index in [-0.39, 0.29) is 0 Å². The van der Waals surface area contributed by atoms with Crippen LogP contribution in [0.5, 0.6) is 0 Å². The molecule has 2 aromatic rings. The molecule has 0 aliphatic carbocycles. The second-order valence-electron chi connectivity index (χ2n) is 6.00. The Morgan fingerprint density at radius 2 is 2.00 bits per heavy atom. The first-order valence-corrected chi connectivity index (χ1v) is 8.13. The summed E-state index contributed by atoms with van der Waals surface area (Å²) in [5.41, 5.74) is 2.76. The second kappa shape index (κ2) is 6.59. The lowest BCUT2D eigenvalue weighted by molar-refractivity contribution is 0.0949. The van der Waals surface area contributed by atoms with Gasteiger partial charge in [-0.05, 0) is 54.6 Å². The molecule has 1 aliphatic rings.